The summed E-state index contributed by atoms with van der Waals surface area (Å²) in [6.07, 6.45) is 6.61. The molecule has 148 valence electrons. The smallest absolute Gasteiger partial charge is 0.289 e. The van der Waals surface area contributed by atoms with Gasteiger partial charge in [0.25, 0.3) is 11.8 Å². The first-order valence-corrected chi connectivity index (χ1v) is 9.41. The molecule has 2 amide bonds. The molecule has 0 saturated carbocycles. The van der Waals surface area contributed by atoms with E-state index in [1.807, 2.05) is 18.2 Å². The third kappa shape index (κ3) is 4.43. The highest BCUT2D eigenvalue weighted by atomic mass is 16.3. The van der Waals surface area contributed by atoms with E-state index < -0.39 is 0 Å². The van der Waals surface area contributed by atoms with Crippen molar-refractivity contribution in [2.24, 2.45) is 0 Å². The van der Waals surface area contributed by atoms with Crippen LogP contribution in [0.25, 0.3) is 0 Å². The molecule has 3 aromatic heterocycles. The number of pyridine rings is 2. The number of furan rings is 1. The number of aromatic nitrogens is 2. The number of piperazine rings is 1. The topological polar surface area (TPSA) is 91.6 Å². The van der Waals surface area contributed by atoms with Crippen molar-refractivity contribution in [3.05, 3.63) is 78.3 Å². The van der Waals surface area contributed by atoms with Gasteiger partial charge in [0.15, 0.2) is 5.76 Å². The molecule has 4 rings (SSSR count). The van der Waals surface area contributed by atoms with Crippen molar-refractivity contribution in [1.29, 1.82) is 0 Å². The lowest BCUT2D eigenvalue weighted by molar-refractivity contribution is 0.0714. The monoisotopic (exact) mass is 391 g/mol. The number of hydrogen-bond donors (Lipinski definition) is 1. The van der Waals surface area contributed by atoms with Crippen molar-refractivity contribution < 1.29 is 14.0 Å². The maximum atomic E-state index is 12.3. The first-order valence-electron chi connectivity index (χ1n) is 9.41. The van der Waals surface area contributed by atoms with E-state index in [2.05, 4.69) is 20.2 Å². The molecule has 0 aliphatic carbocycles. The molecule has 1 aliphatic heterocycles. The van der Waals surface area contributed by atoms with Crippen LogP contribution in [0.5, 0.6) is 0 Å². The van der Waals surface area contributed by atoms with Crippen LogP contribution < -0.4 is 10.2 Å². The average Bonchev–Trinajstić information content (AvgIpc) is 3.33. The molecule has 1 aliphatic rings. The Morgan fingerprint density at radius 1 is 1.03 bits per heavy atom. The molecule has 29 heavy (non-hydrogen) atoms. The molecule has 0 aromatic carbocycles. The van der Waals surface area contributed by atoms with E-state index in [4.69, 9.17) is 4.42 Å². The lowest BCUT2D eigenvalue weighted by atomic mass is 10.2. The fourth-order valence-corrected chi connectivity index (χ4v) is 3.21. The van der Waals surface area contributed by atoms with Gasteiger partial charge < -0.3 is 19.5 Å². The summed E-state index contributed by atoms with van der Waals surface area (Å²) >= 11 is 0. The normalized spacial score (nSPS) is 13.9. The Morgan fingerprint density at radius 3 is 2.55 bits per heavy atom. The fraction of sp³-hybridized carbons (Fsp3) is 0.238. The molecule has 0 unspecified atom stereocenters. The van der Waals surface area contributed by atoms with Crippen LogP contribution in [0.3, 0.4) is 0 Å². The highest BCUT2D eigenvalue weighted by Crippen LogP contribution is 2.17. The zero-order valence-corrected chi connectivity index (χ0v) is 15.8. The van der Waals surface area contributed by atoms with Crippen LogP contribution in [-0.2, 0) is 6.54 Å². The quantitative estimate of drug-likeness (QED) is 0.715. The van der Waals surface area contributed by atoms with Gasteiger partial charge in [-0.2, -0.15) is 0 Å². The number of hydrogen-bond acceptors (Lipinski definition) is 6. The molecule has 8 heteroatoms. The van der Waals surface area contributed by atoms with Crippen molar-refractivity contribution in [3.63, 3.8) is 0 Å². The Labute approximate surface area is 168 Å². The number of carbonyl (C=O) groups is 2. The van der Waals surface area contributed by atoms with Crippen LogP contribution in [-0.4, -0.2) is 52.9 Å². The number of amides is 2. The minimum atomic E-state index is -0.228. The van der Waals surface area contributed by atoms with Crippen LogP contribution in [0.1, 0.15) is 26.6 Å². The van der Waals surface area contributed by atoms with Crippen molar-refractivity contribution >= 4 is 17.5 Å². The maximum absolute atomic E-state index is 12.3. The summed E-state index contributed by atoms with van der Waals surface area (Å²) in [5, 5.41) is 2.84. The molecule has 4 heterocycles. The van der Waals surface area contributed by atoms with E-state index in [1.165, 1.54) is 6.26 Å². The second-order valence-electron chi connectivity index (χ2n) is 6.70. The Balaban J connectivity index is 1.30. The van der Waals surface area contributed by atoms with Crippen LogP contribution >= 0.6 is 0 Å². The molecule has 3 aromatic rings. The number of nitrogens with zero attached hydrogens (tertiary/aromatic N) is 4. The Bertz CT molecular complexity index is 950. The first kappa shape index (κ1) is 18.7. The Kier molecular flexibility index (Phi) is 5.51. The lowest BCUT2D eigenvalue weighted by Gasteiger charge is -2.35. The lowest BCUT2D eigenvalue weighted by Crippen LogP contribution is -2.48. The number of carbonyl (C=O) groups excluding carboxylic acids is 2. The van der Waals surface area contributed by atoms with E-state index in [0.717, 1.165) is 11.3 Å². The molecule has 0 spiro atoms. The molecule has 0 bridgehead atoms. The van der Waals surface area contributed by atoms with Gasteiger partial charge in [-0.1, -0.05) is 6.07 Å². The SMILES string of the molecule is O=C(NCc1cccnc1)c1ccc(N2CCN(C(=O)c3ccco3)CC2)cn1. The summed E-state index contributed by atoms with van der Waals surface area (Å²) in [6.45, 7) is 3.00. The summed E-state index contributed by atoms with van der Waals surface area (Å²) < 4.78 is 5.19. The summed E-state index contributed by atoms with van der Waals surface area (Å²) in [4.78, 5) is 36.9. The predicted molar refractivity (Wildman–Crippen MR) is 106 cm³/mol. The molecule has 8 nitrogen and oxygen atoms in total. The van der Waals surface area contributed by atoms with E-state index in [0.29, 0.717) is 44.2 Å². The third-order valence-electron chi connectivity index (χ3n) is 4.82. The molecular formula is C21H21N5O3. The number of anilines is 1. The summed E-state index contributed by atoms with van der Waals surface area (Å²) in [5.74, 6) is 0.0458. The standard InChI is InChI=1S/C21H21N5O3/c27-20(24-14-16-3-1-7-22-13-16)18-6-5-17(15-23-18)25-8-10-26(11-9-25)21(28)19-4-2-12-29-19/h1-7,12-13,15H,8-11,14H2,(H,24,27). The molecular weight excluding hydrogens is 370 g/mol. The molecule has 0 radical (unpaired) electrons. The van der Waals surface area contributed by atoms with Gasteiger partial charge >= 0.3 is 0 Å². The van der Waals surface area contributed by atoms with Crippen LogP contribution in [0.15, 0.2) is 65.7 Å². The van der Waals surface area contributed by atoms with Gasteiger partial charge in [-0.15, -0.1) is 0 Å². The second kappa shape index (κ2) is 8.55. The van der Waals surface area contributed by atoms with Gasteiger partial charge in [0.05, 0.1) is 18.1 Å². The zero-order chi connectivity index (χ0) is 20.1. The maximum Gasteiger partial charge on any atom is 0.289 e. The van der Waals surface area contributed by atoms with Gasteiger partial charge in [0.1, 0.15) is 5.69 Å². The molecule has 1 N–H and O–H groups in total. The fourth-order valence-electron chi connectivity index (χ4n) is 3.21. The van der Waals surface area contributed by atoms with Gasteiger partial charge in [0, 0.05) is 45.1 Å². The van der Waals surface area contributed by atoms with Crippen LogP contribution in [0, 0.1) is 0 Å². The van der Waals surface area contributed by atoms with Gasteiger partial charge in [0.2, 0.25) is 0 Å². The van der Waals surface area contributed by atoms with Crippen molar-refractivity contribution in [2.45, 2.75) is 6.54 Å². The van der Waals surface area contributed by atoms with Gasteiger partial charge in [-0.05, 0) is 35.9 Å². The molecule has 0 atom stereocenters. The number of nitrogens with one attached hydrogen (secondary N) is 1. The van der Waals surface area contributed by atoms with Gasteiger partial charge in [-0.25, -0.2) is 4.98 Å². The van der Waals surface area contributed by atoms with E-state index in [1.54, 1.807) is 41.7 Å². The zero-order valence-electron chi connectivity index (χ0n) is 15.8. The Hall–Kier alpha value is -3.68. The minimum Gasteiger partial charge on any atom is -0.459 e. The third-order valence-corrected chi connectivity index (χ3v) is 4.82. The highest BCUT2D eigenvalue weighted by Gasteiger charge is 2.24. The molecule has 1 saturated heterocycles. The van der Waals surface area contributed by atoms with E-state index in [9.17, 15) is 9.59 Å². The number of rotatable bonds is 5. The predicted octanol–water partition coefficient (Wildman–Crippen LogP) is 1.96. The molecule has 1 fully saturated rings. The van der Waals surface area contributed by atoms with Crippen molar-refractivity contribution in [1.82, 2.24) is 20.2 Å². The minimum absolute atomic E-state index is 0.0894. The summed E-state index contributed by atoms with van der Waals surface area (Å²) in [6, 6.07) is 10.7. The van der Waals surface area contributed by atoms with E-state index in [-0.39, 0.29) is 11.8 Å². The first-order chi connectivity index (χ1) is 14.2. The average molecular weight is 391 g/mol. The highest BCUT2D eigenvalue weighted by molar-refractivity contribution is 5.92. The van der Waals surface area contributed by atoms with E-state index >= 15 is 0 Å². The summed E-state index contributed by atoms with van der Waals surface area (Å²) in [5.41, 5.74) is 2.22. The van der Waals surface area contributed by atoms with Crippen LogP contribution in [0.4, 0.5) is 5.69 Å². The second-order valence-corrected chi connectivity index (χ2v) is 6.70. The van der Waals surface area contributed by atoms with Crippen molar-refractivity contribution in [3.8, 4) is 0 Å². The van der Waals surface area contributed by atoms with Crippen LogP contribution in [0.2, 0.25) is 0 Å². The Morgan fingerprint density at radius 2 is 1.90 bits per heavy atom. The largest absolute Gasteiger partial charge is 0.459 e. The van der Waals surface area contributed by atoms with Crippen molar-refractivity contribution in [2.75, 3.05) is 31.1 Å². The summed E-state index contributed by atoms with van der Waals surface area (Å²) in [7, 11) is 0. The van der Waals surface area contributed by atoms with Gasteiger partial charge in [-0.3, -0.25) is 14.6 Å².